The number of hydrogen-bond donors (Lipinski definition) is 2. The van der Waals surface area contributed by atoms with Gasteiger partial charge in [-0.2, -0.15) is 0 Å². The normalized spacial score (nSPS) is 13.3. The first-order valence-corrected chi connectivity index (χ1v) is 8.63. The van der Waals surface area contributed by atoms with E-state index in [2.05, 4.69) is 4.72 Å². The summed E-state index contributed by atoms with van der Waals surface area (Å²) in [5, 5.41) is 11.4. The summed E-state index contributed by atoms with van der Waals surface area (Å²) in [6, 6.07) is 7.71. The highest BCUT2D eigenvalue weighted by Crippen LogP contribution is 2.23. The van der Waals surface area contributed by atoms with E-state index in [0.29, 0.717) is 10.6 Å². The maximum Gasteiger partial charge on any atom is 0.241 e. The lowest BCUT2D eigenvalue weighted by Crippen LogP contribution is -2.26. The predicted octanol–water partition coefficient (Wildman–Crippen LogP) is 2.93. The Morgan fingerprint density at radius 3 is 2.75 bits per heavy atom. The molecular weight excluding hydrogens is 318 g/mol. The van der Waals surface area contributed by atoms with E-state index in [1.807, 2.05) is 17.5 Å². The highest BCUT2D eigenvalue weighted by Gasteiger charge is 2.19. The zero-order chi connectivity index (χ0) is 14.8. The molecule has 20 heavy (non-hydrogen) atoms. The van der Waals surface area contributed by atoms with Crippen LogP contribution in [0.2, 0.25) is 5.02 Å². The minimum atomic E-state index is -3.65. The fourth-order valence-electron chi connectivity index (χ4n) is 1.74. The van der Waals surface area contributed by atoms with E-state index in [0.717, 1.165) is 4.88 Å². The van der Waals surface area contributed by atoms with Crippen molar-refractivity contribution in [3.8, 4) is 0 Å². The van der Waals surface area contributed by atoms with Crippen LogP contribution in [0.1, 0.15) is 23.4 Å². The molecule has 2 rings (SSSR count). The topological polar surface area (TPSA) is 66.4 Å². The van der Waals surface area contributed by atoms with E-state index in [-0.39, 0.29) is 17.5 Å². The van der Waals surface area contributed by atoms with Crippen molar-refractivity contribution in [2.24, 2.45) is 0 Å². The molecule has 2 aromatic rings. The molecule has 1 unspecified atom stereocenters. The lowest BCUT2D eigenvalue weighted by Gasteiger charge is -2.13. The smallest absolute Gasteiger partial charge is 0.241 e. The zero-order valence-electron chi connectivity index (χ0n) is 10.7. The van der Waals surface area contributed by atoms with Gasteiger partial charge >= 0.3 is 0 Å². The Hall–Kier alpha value is -0.920. The number of thiophene rings is 1. The Bertz CT molecular complexity index is 684. The Kier molecular flexibility index (Phi) is 4.82. The van der Waals surface area contributed by atoms with Gasteiger partial charge in [-0.25, -0.2) is 13.1 Å². The highest BCUT2D eigenvalue weighted by atomic mass is 35.5. The molecule has 0 saturated heterocycles. The van der Waals surface area contributed by atoms with Gasteiger partial charge in [0.25, 0.3) is 0 Å². The number of hydrogen-bond acceptors (Lipinski definition) is 4. The summed E-state index contributed by atoms with van der Waals surface area (Å²) < 4.78 is 27.2. The van der Waals surface area contributed by atoms with Gasteiger partial charge in [0.1, 0.15) is 0 Å². The third-order valence-corrected chi connectivity index (χ3v) is 5.76. The first kappa shape index (κ1) is 15.5. The Labute approximate surface area is 127 Å². The average molecular weight is 332 g/mol. The van der Waals surface area contributed by atoms with Crippen LogP contribution in [-0.4, -0.2) is 13.5 Å². The first-order valence-electron chi connectivity index (χ1n) is 5.89. The predicted molar refractivity (Wildman–Crippen MR) is 80.4 cm³/mol. The molecule has 0 bridgehead atoms. The molecule has 0 aliphatic heterocycles. The summed E-state index contributed by atoms with van der Waals surface area (Å²) >= 11 is 7.35. The lowest BCUT2D eigenvalue weighted by atomic mass is 10.2. The fraction of sp³-hybridized carbons (Fsp3) is 0.231. The van der Waals surface area contributed by atoms with Crippen LogP contribution < -0.4 is 4.72 Å². The van der Waals surface area contributed by atoms with Crippen LogP contribution in [0.25, 0.3) is 0 Å². The van der Waals surface area contributed by atoms with Crippen molar-refractivity contribution < 1.29 is 13.5 Å². The summed E-state index contributed by atoms with van der Waals surface area (Å²) in [6.07, 6.45) is 0. The SMILES string of the molecule is CC(NS(=O)(=O)c1ccc(Cl)c(CO)c1)c1cccs1. The molecule has 0 spiro atoms. The summed E-state index contributed by atoms with van der Waals surface area (Å²) in [5.41, 5.74) is 0.387. The van der Waals surface area contributed by atoms with E-state index >= 15 is 0 Å². The molecule has 1 aromatic heterocycles. The molecule has 0 aliphatic carbocycles. The molecule has 0 saturated carbocycles. The molecule has 0 fully saturated rings. The van der Waals surface area contributed by atoms with Crippen LogP contribution in [0.5, 0.6) is 0 Å². The van der Waals surface area contributed by atoms with Crippen molar-refractivity contribution in [3.63, 3.8) is 0 Å². The van der Waals surface area contributed by atoms with E-state index in [9.17, 15) is 8.42 Å². The molecule has 1 aromatic carbocycles. The van der Waals surface area contributed by atoms with Crippen molar-refractivity contribution in [2.75, 3.05) is 0 Å². The molecule has 7 heteroatoms. The van der Waals surface area contributed by atoms with Gasteiger partial charge in [0, 0.05) is 9.90 Å². The maximum absolute atomic E-state index is 12.3. The molecular formula is C13H14ClNO3S2. The van der Waals surface area contributed by atoms with E-state index in [1.165, 1.54) is 29.5 Å². The highest BCUT2D eigenvalue weighted by molar-refractivity contribution is 7.89. The van der Waals surface area contributed by atoms with Gasteiger partial charge < -0.3 is 5.11 Å². The number of aliphatic hydroxyl groups excluding tert-OH is 1. The van der Waals surface area contributed by atoms with Gasteiger partial charge in [0.2, 0.25) is 10.0 Å². The quantitative estimate of drug-likeness (QED) is 0.885. The van der Waals surface area contributed by atoms with Crippen LogP contribution in [0.4, 0.5) is 0 Å². The standard InChI is InChI=1S/C13H14ClNO3S2/c1-9(13-3-2-6-19-13)15-20(17,18)11-4-5-12(14)10(7-11)8-16/h2-7,9,15-16H,8H2,1H3. The second kappa shape index (κ2) is 6.24. The van der Waals surface area contributed by atoms with Gasteiger partial charge in [-0.05, 0) is 42.1 Å². The van der Waals surface area contributed by atoms with Gasteiger partial charge in [-0.1, -0.05) is 17.7 Å². The molecule has 2 N–H and O–H groups in total. The number of nitrogens with one attached hydrogen (secondary N) is 1. The fourth-order valence-corrected chi connectivity index (χ4v) is 4.00. The number of halogens is 1. The van der Waals surface area contributed by atoms with Crippen LogP contribution in [0, 0.1) is 0 Å². The van der Waals surface area contributed by atoms with E-state index in [1.54, 1.807) is 6.92 Å². The second-order valence-electron chi connectivity index (χ2n) is 4.27. The summed E-state index contributed by atoms with van der Waals surface area (Å²) in [7, 11) is -3.65. The van der Waals surface area contributed by atoms with E-state index in [4.69, 9.17) is 16.7 Å². The van der Waals surface area contributed by atoms with Crippen molar-refractivity contribution in [1.29, 1.82) is 0 Å². The molecule has 1 heterocycles. The third kappa shape index (κ3) is 3.39. The minimum Gasteiger partial charge on any atom is -0.392 e. The minimum absolute atomic E-state index is 0.0920. The number of benzene rings is 1. The van der Waals surface area contributed by atoms with Crippen molar-refractivity contribution in [1.82, 2.24) is 4.72 Å². The summed E-state index contributed by atoms with van der Waals surface area (Å²) in [6.45, 7) is 1.48. The second-order valence-corrected chi connectivity index (χ2v) is 7.37. The van der Waals surface area contributed by atoms with Crippen LogP contribution in [0.3, 0.4) is 0 Å². The lowest BCUT2D eigenvalue weighted by molar-refractivity contribution is 0.281. The summed E-state index contributed by atoms with van der Waals surface area (Å²) in [4.78, 5) is 1.03. The zero-order valence-corrected chi connectivity index (χ0v) is 13.1. The maximum atomic E-state index is 12.3. The monoisotopic (exact) mass is 331 g/mol. The molecule has 0 amide bonds. The number of aliphatic hydroxyl groups is 1. The van der Waals surface area contributed by atoms with Crippen LogP contribution >= 0.6 is 22.9 Å². The summed E-state index contributed by atoms with van der Waals surface area (Å²) in [5.74, 6) is 0. The van der Waals surface area contributed by atoms with Gasteiger partial charge in [-0.3, -0.25) is 0 Å². The van der Waals surface area contributed by atoms with Crippen LogP contribution in [-0.2, 0) is 16.6 Å². The number of sulfonamides is 1. The molecule has 108 valence electrons. The van der Waals surface area contributed by atoms with E-state index < -0.39 is 10.0 Å². The average Bonchev–Trinajstić information content (AvgIpc) is 2.92. The van der Waals surface area contributed by atoms with Crippen LogP contribution in [0.15, 0.2) is 40.6 Å². The largest absolute Gasteiger partial charge is 0.392 e. The van der Waals surface area contributed by atoms with Gasteiger partial charge in [0.05, 0.1) is 17.5 Å². The Morgan fingerprint density at radius 2 is 2.15 bits per heavy atom. The first-order chi connectivity index (χ1) is 9.44. The molecule has 0 radical (unpaired) electrons. The number of rotatable bonds is 5. The Balaban J connectivity index is 2.26. The van der Waals surface area contributed by atoms with Gasteiger partial charge in [-0.15, -0.1) is 11.3 Å². The van der Waals surface area contributed by atoms with Gasteiger partial charge in [0.15, 0.2) is 0 Å². The van der Waals surface area contributed by atoms with Crippen molar-refractivity contribution >= 4 is 33.0 Å². The molecule has 4 nitrogen and oxygen atoms in total. The van der Waals surface area contributed by atoms with Crippen molar-refractivity contribution in [2.45, 2.75) is 24.5 Å². The molecule has 0 aliphatic rings. The molecule has 1 atom stereocenters. The Morgan fingerprint density at radius 1 is 1.40 bits per heavy atom. The van der Waals surface area contributed by atoms with Crippen molar-refractivity contribution in [3.05, 3.63) is 51.2 Å². The third-order valence-electron chi connectivity index (χ3n) is 2.80.